The van der Waals surface area contributed by atoms with Crippen LogP contribution in [0.25, 0.3) is 16.7 Å². The van der Waals surface area contributed by atoms with E-state index in [1.807, 2.05) is 36.1 Å². The Morgan fingerprint density at radius 3 is 2.43 bits per heavy atom. The van der Waals surface area contributed by atoms with Crippen LogP contribution in [0.3, 0.4) is 0 Å². The van der Waals surface area contributed by atoms with Gasteiger partial charge in [-0.3, -0.25) is 4.79 Å². The lowest BCUT2D eigenvalue weighted by atomic mass is 9.90. The van der Waals surface area contributed by atoms with E-state index in [1.54, 1.807) is 0 Å². The number of halogens is 1. The number of ether oxygens (including phenoxy) is 2. The van der Waals surface area contributed by atoms with Crippen molar-refractivity contribution >= 4 is 23.1 Å². The fourth-order valence-corrected chi connectivity index (χ4v) is 4.74. The van der Waals surface area contributed by atoms with Crippen molar-refractivity contribution in [1.29, 1.82) is 0 Å². The average Bonchev–Trinajstić information content (AvgIpc) is 3.01. The van der Waals surface area contributed by atoms with E-state index in [2.05, 4.69) is 26.0 Å². The van der Waals surface area contributed by atoms with Crippen LogP contribution in [0.1, 0.15) is 42.9 Å². The second kappa shape index (κ2) is 8.83. The Bertz CT molecular complexity index is 957. The molecule has 1 atom stereocenters. The maximum absolute atomic E-state index is 13.4. The first-order chi connectivity index (χ1) is 14.5. The smallest absolute Gasteiger partial charge is 0.258 e. The number of amides is 1. The molecule has 0 aliphatic carbocycles. The molecule has 1 unspecified atom stereocenters. The molecule has 1 amide bonds. The SMILES string of the molecule is CCOCOC1=C(c2c(C)cc(-c3ccc(Cl)cc3)cc2C)C(=O)N2CCCCC12. The minimum atomic E-state index is 0.0245. The number of hydrogen-bond acceptors (Lipinski definition) is 3. The van der Waals surface area contributed by atoms with Gasteiger partial charge in [0.15, 0.2) is 6.79 Å². The Morgan fingerprint density at radius 1 is 1.07 bits per heavy atom. The van der Waals surface area contributed by atoms with E-state index >= 15 is 0 Å². The van der Waals surface area contributed by atoms with Gasteiger partial charge in [0.2, 0.25) is 0 Å². The predicted molar refractivity (Wildman–Crippen MR) is 120 cm³/mol. The molecule has 2 aliphatic heterocycles. The van der Waals surface area contributed by atoms with Crippen molar-refractivity contribution in [1.82, 2.24) is 4.90 Å². The number of nitrogens with zero attached hydrogens (tertiary/aromatic N) is 1. The molecule has 1 fully saturated rings. The number of carbonyl (C=O) groups excluding carboxylic acids is 1. The highest BCUT2D eigenvalue weighted by Gasteiger charge is 2.43. The van der Waals surface area contributed by atoms with E-state index < -0.39 is 0 Å². The Labute approximate surface area is 183 Å². The third-order valence-corrected chi connectivity index (χ3v) is 6.24. The normalized spacial score (nSPS) is 18.7. The molecule has 1 saturated heterocycles. The molecule has 2 aromatic rings. The summed E-state index contributed by atoms with van der Waals surface area (Å²) in [6, 6.07) is 12.1. The minimum absolute atomic E-state index is 0.0245. The van der Waals surface area contributed by atoms with Gasteiger partial charge < -0.3 is 14.4 Å². The molecule has 0 N–H and O–H groups in total. The number of benzene rings is 2. The quantitative estimate of drug-likeness (QED) is 0.437. The monoisotopic (exact) mass is 425 g/mol. The lowest BCUT2D eigenvalue weighted by Gasteiger charge is -2.30. The topological polar surface area (TPSA) is 38.8 Å². The van der Waals surface area contributed by atoms with Gasteiger partial charge in [0.05, 0.1) is 11.6 Å². The van der Waals surface area contributed by atoms with Gasteiger partial charge in [0.1, 0.15) is 5.76 Å². The molecule has 2 aromatic carbocycles. The summed E-state index contributed by atoms with van der Waals surface area (Å²) in [4.78, 5) is 15.4. The number of rotatable bonds is 6. The molecule has 0 spiro atoms. The second-order valence-corrected chi connectivity index (χ2v) is 8.43. The highest BCUT2D eigenvalue weighted by molar-refractivity contribution is 6.30. The molecule has 30 heavy (non-hydrogen) atoms. The van der Waals surface area contributed by atoms with Gasteiger partial charge in [-0.2, -0.15) is 0 Å². The van der Waals surface area contributed by atoms with Crippen molar-refractivity contribution in [2.45, 2.75) is 46.1 Å². The third-order valence-electron chi connectivity index (χ3n) is 5.99. The summed E-state index contributed by atoms with van der Waals surface area (Å²) in [7, 11) is 0. The van der Waals surface area contributed by atoms with Crippen LogP contribution < -0.4 is 0 Å². The molecule has 2 heterocycles. The van der Waals surface area contributed by atoms with Crippen LogP contribution in [-0.2, 0) is 14.3 Å². The fraction of sp³-hybridized carbons (Fsp3) is 0.400. The van der Waals surface area contributed by atoms with E-state index in [-0.39, 0.29) is 18.7 Å². The van der Waals surface area contributed by atoms with Crippen molar-refractivity contribution in [3.8, 4) is 11.1 Å². The van der Waals surface area contributed by atoms with Crippen LogP contribution >= 0.6 is 11.6 Å². The zero-order chi connectivity index (χ0) is 21.3. The van der Waals surface area contributed by atoms with E-state index in [4.69, 9.17) is 21.1 Å². The van der Waals surface area contributed by atoms with Crippen LogP contribution in [0.2, 0.25) is 5.02 Å². The number of fused-ring (bicyclic) bond motifs is 1. The van der Waals surface area contributed by atoms with E-state index in [0.717, 1.165) is 64.4 Å². The van der Waals surface area contributed by atoms with Crippen LogP contribution in [0.5, 0.6) is 0 Å². The zero-order valence-corrected chi connectivity index (χ0v) is 18.6. The molecule has 158 valence electrons. The van der Waals surface area contributed by atoms with Gasteiger partial charge in [0, 0.05) is 18.2 Å². The van der Waals surface area contributed by atoms with Crippen molar-refractivity contribution in [3.05, 3.63) is 63.9 Å². The summed E-state index contributed by atoms with van der Waals surface area (Å²) in [5.41, 5.74) is 6.05. The summed E-state index contributed by atoms with van der Waals surface area (Å²) in [5.74, 6) is 0.857. The summed E-state index contributed by atoms with van der Waals surface area (Å²) in [6.07, 6.45) is 3.09. The maximum Gasteiger partial charge on any atom is 0.258 e. The molecule has 0 radical (unpaired) electrons. The molecule has 0 aromatic heterocycles. The molecule has 0 saturated carbocycles. The Morgan fingerprint density at radius 2 is 1.77 bits per heavy atom. The number of aryl methyl sites for hydroxylation is 2. The zero-order valence-electron chi connectivity index (χ0n) is 17.8. The molecular formula is C25H28ClNO3. The van der Waals surface area contributed by atoms with E-state index in [0.29, 0.717) is 12.2 Å². The van der Waals surface area contributed by atoms with Crippen LogP contribution in [0.4, 0.5) is 0 Å². The molecule has 0 bridgehead atoms. The first-order valence-corrected chi connectivity index (χ1v) is 11.0. The average molecular weight is 426 g/mol. The van der Waals surface area contributed by atoms with Gasteiger partial charge in [-0.15, -0.1) is 0 Å². The molecule has 4 rings (SSSR count). The van der Waals surface area contributed by atoms with Gasteiger partial charge in [-0.25, -0.2) is 0 Å². The standard InChI is InChI=1S/C25H28ClNO3/c1-4-29-15-30-24-21-7-5-6-12-27(21)25(28)23(24)22-16(2)13-19(14-17(22)3)18-8-10-20(26)11-9-18/h8-11,13-14,21H,4-7,12,15H2,1-3H3. The van der Waals surface area contributed by atoms with Gasteiger partial charge >= 0.3 is 0 Å². The Hall–Kier alpha value is -2.30. The maximum atomic E-state index is 13.4. The highest BCUT2D eigenvalue weighted by atomic mass is 35.5. The predicted octanol–water partition coefficient (Wildman–Crippen LogP) is 5.74. The molecule has 5 heteroatoms. The molecule has 2 aliphatic rings. The number of hydrogen-bond donors (Lipinski definition) is 0. The molecule has 4 nitrogen and oxygen atoms in total. The fourth-order valence-electron chi connectivity index (χ4n) is 4.62. The van der Waals surface area contributed by atoms with Gasteiger partial charge in [-0.1, -0.05) is 35.9 Å². The third kappa shape index (κ3) is 3.86. The minimum Gasteiger partial charge on any atom is -0.469 e. The lowest BCUT2D eigenvalue weighted by Crippen LogP contribution is -2.39. The second-order valence-electron chi connectivity index (χ2n) is 8.00. The highest BCUT2D eigenvalue weighted by Crippen LogP contribution is 2.41. The summed E-state index contributed by atoms with van der Waals surface area (Å²) in [6.45, 7) is 7.62. The molecular weight excluding hydrogens is 398 g/mol. The van der Waals surface area contributed by atoms with Crippen molar-refractivity contribution < 1.29 is 14.3 Å². The van der Waals surface area contributed by atoms with Crippen molar-refractivity contribution in [3.63, 3.8) is 0 Å². The van der Waals surface area contributed by atoms with E-state index in [9.17, 15) is 4.79 Å². The van der Waals surface area contributed by atoms with Crippen molar-refractivity contribution in [2.24, 2.45) is 0 Å². The lowest BCUT2D eigenvalue weighted by molar-refractivity contribution is -0.126. The largest absolute Gasteiger partial charge is 0.469 e. The Kier molecular flexibility index (Phi) is 6.16. The van der Waals surface area contributed by atoms with Gasteiger partial charge in [0.25, 0.3) is 5.91 Å². The van der Waals surface area contributed by atoms with Gasteiger partial charge in [-0.05, 0) is 80.0 Å². The van der Waals surface area contributed by atoms with Crippen LogP contribution in [0, 0.1) is 13.8 Å². The summed E-state index contributed by atoms with van der Waals surface area (Å²) >= 11 is 6.04. The van der Waals surface area contributed by atoms with E-state index in [1.165, 1.54) is 0 Å². The first-order valence-electron chi connectivity index (χ1n) is 10.6. The number of carbonyl (C=O) groups is 1. The first kappa shape index (κ1) is 21.0. The van der Waals surface area contributed by atoms with Crippen molar-refractivity contribution in [2.75, 3.05) is 19.9 Å². The number of piperidine rings is 1. The summed E-state index contributed by atoms with van der Waals surface area (Å²) < 4.78 is 11.5. The van der Waals surface area contributed by atoms with Crippen LogP contribution in [0.15, 0.2) is 42.2 Å². The summed E-state index contributed by atoms with van der Waals surface area (Å²) in [5, 5.41) is 0.721. The van der Waals surface area contributed by atoms with Crippen LogP contribution in [-0.4, -0.2) is 36.8 Å². The Balaban J connectivity index is 1.78.